The largest absolute Gasteiger partial charge is 0.447 e. The smallest absolute Gasteiger partial charge is 0.310 e. The number of carbonyl (C=O) groups is 2. The van der Waals surface area contributed by atoms with Crippen LogP contribution >= 0.6 is 0 Å². The molecular weight excluding hydrogens is 280 g/mol. The number of rotatable bonds is 1. The Hall–Kier alpha value is -0.900. The zero-order valence-electron chi connectivity index (χ0n) is 13.9. The highest BCUT2D eigenvalue weighted by Gasteiger charge is 2.87. The number of ether oxygens (including phenoxy) is 1. The van der Waals surface area contributed by atoms with Gasteiger partial charge in [-0.25, -0.2) is 0 Å². The van der Waals surface area contributed by atoms with E-state index in [1.807, 2.05) is 0 Å². The summed E-state index contributed by atoms with van der Waals surface area (Å²) in [5, 5.41) is 11.3. The van der Waals surface area contributed by atoms with Crippen molar-refractivity contribution in [1.82, 2.24) is 0 Å². The number of Topliss-reactive ketones (excluding diaryl/α,β-unsaturated/α-hetero) is 1. The predicted octanol–water partition coefficient (Wildman–Crippen LogP) is 2.33. The van der Waals surface area contributed by atoms with Crippen LogP contribution in [0.2, 0.25) is 0 Å². The molecular formula is C18H26O4. The van der Waals surface area contributed by atoms with Crippen LogP contribution in [0.15, 0.2) is 0 Å². The summed E-state index contributed by atoms with van der Waals surface area (Å²) in [6.45, 7) is 8.00. The van der Waals surface area contributed by atoms with E-state index in [0.717, 1.165) is 19.3 Å². The molecule has 3 saturated carbocycles. The number of ketones is 1. The van der Waals surface area contributed by atoms with Crippen molar-refractivity contribution in [2.75, 3.05) is 0 Å². The first kappa shape index (κ1) is 14.7. The fourth-order valence-corrected chi connectivity index (χ4v) is 6.57. The zero-order valence-corrected chi connectivity index (χ0v) is 13.9. The molecule has 3 aliphatic carbocycles. The third-order valence-electron chi connectivity index (χ3n) is 7.71. The Bertz CT molecular complexity index is 565. The summed E-state index contributed by atoms with van der Waals surface area (Å²) in [5.41, 5.74) is -2.99. The molecule has 0 aromatic heterocycles. The molecule has 0 amide bonds. The van der Waals surface area contributed by atoms with Crippen LogP contribution < -0.4 is 0 Å². The van der Waals surface area contributed by atoms with Crippen molar-refractivity contribution >= 4 is 11.8 Å². The van der Waals surface area contributed by atoms with Gasteiger partial charge in [-0.05, 0) is 50.4 Å². The Morgan fingerprint density at radius 1 is 1.27 bits per heavy atom. The lowest BCUT2D eigenvalue weighted by Gasteiger charge is -2.49. The molecule has 2 bridgehead atoms. The molecule has 0 aromatic rings. The summed E-state index contributed by atoms with van der Waals surface area (Å²) in [5.74, 6) is -0.129. The summed E-state index contributed by atoms with van der Waals surface area (Å²) in [4.78, 5) is 26.0. The van der Waals surface area contributed by atoms with Crippen LogP contribution in [0.4, 0.5) is 0 Å². The van der Waals surface area contributed by atoms with Gasteiger partial charge < -0.3 is 9.84 Å². The molecule has 4 aliphatic rings. The molecule has 4 fully saturated rings. The lowest BCUT2D eigenvalue weighted by atomic mass is 9.55. The molecule has 0 radical (unpaired) electrons. The molecule has 1 aliphatic heterocycles. The molecule has 7 atom stereocenters. The first-order valence-electron chi connectivity index (χ1n) is 8.69. The van der Waals surface area contributed by atoms with E-state index in [9.17, 15) is 14.7 Å². The van der Waals surface area contributed by atoms with Crippen LogP contribution in [-0.4, -0.2) is 28.1 Å². The van der Waals surface area contributed by atoms with E-state index in [2.05, 4.69) is 20.8 Å². The van der Waals surface area contributed by atoms with Gasteiger partial charge in [-0.15, -0.1) is 0 Å². The van der Waals surface area contributed by atoms with Gasteiger partial charge in [-0.1, -0.05) is 20.8 Å². The van der Waals surface area contributed by atoms with Gasteiger partial charge >= 0.3 is 5.97 Å². The minimum atomic E-state index is -1.30. The Balaban J connectivity index is 1.98. The Morgan fingerprint density at radius 3 is 2.59 bits per heavy atom. The maximum atomic E-state index is 13.5. The average Bonchev–Trinajstić information content (AvgIpc) is 2.95. The molecule has 1 heterocycles. The SMILES string of the molecule is CC(C)[C@@H]1CC[C@@H](C)[C@]23C[C@@H]4C[C@H]2C(=O)O[C@@]3(C1=O)[C@]4(C)O. The fourth-order valence-electron chi connectivity index (χ4n) is 6.57. The summed E-state index contributed by atoms with van der Waals surface area (Å²) < 4.78 is 5.84. The molecule has 4 rings (SSSR count). The van der Waals surface area contributed by atoms with Gasteiger partial charge in [0.2, 0.25) is 5.60 Å². The van der Waals surface area contributed by atoms with Gasteiger partial charge in [0.25, 0.3) is 0 Å². The van der Waals surface area contributed by atoms with E-state index in [-0.39, 0.29) is 41.3 Å². The van der Waals surface area contributed by atoms with Gasteiger partial charge in [0, 0.05) is 11.3 Å². The molecule has 0 aromatic carbocycles. The van der Waals surface area contributed by atoms with Gasteiger partial charge in [-0.2, -0.15) is 0 Å². The lowest BCUT2D eigenvalue weighted by Crippen LogP contribution is -2.66. The predicted molar refractivity (Wildman–Crippen MR) is 79.8 cm³/mol. The minimum absolute atomic E-state index is 0.00117. The monoisotopic (exact) mass is 306 g/mol. The summed E-state index contributed by atoms with van der Waals surface area (Å²) in [6.07, 6.45) is 3.21. The van der Waals surface area contributed by atoms with Crippen molar-refractivity contribution < 1.29 is 19.4 Å². The number of esters is 1. The van der Waals surface area contributed by atoms with E-state index in [4.69, 9.17) is 4.74 Å². The second-order valence-electron chi connectivity index (χ2n) is 8.67. The van der Waals surface area contributed by atoms with Crippen LogP contribution in [0, 0.1) is 35.0 Å². The topological polar surface area (TPSA) is 63.6 Å². The number of hydrogen-bond acceptors (Lipinski definition) is 4. The van der Waals surface area contributed by atoms with Crippen LogP contribution in [0.25, 0.3) is 0 Å². The second kappa shape index (κ2) is 3.95. The Morgan fingerprint density at radius 2 is 1.95 bits per heavy atom. The van der Waals surface area contributed by atoms with Crippen molar-refractivity contribution in [1.29, 1.82) is 0 Å². The Kier molecular flexibility index (Phi) is 2.63. The lowest BCUT2D eigenvalue weighted by molar-refractivity contribution is -0.201. The number of carbonyl (C=O) groups excluding carboxylic acids is 2. The zero-order chi connectivity index (χ0) is 16.1. The van der Waals surface area contributed by atoms with Gasteiger partial charge in [-0.3, -0.25) is 9.59 Å². The number of aliphatic hydroxyl groups is 1. The van der Waals surface area contributed by atoms with Crippen molar-refractivity contribution in [2.24, 2.45) is 35.0 Å². The van der Waals surface area contributed by atoms with Gasteiger partial charge in [0.15, 0.2) is 5.78 Å². The molecule has 122 valence electrons. The summed E-state index contributed by atoms with van der Waals surface area (Å²) in [7, 11) is 0. The van der Waals surface area contributed by atoms with E-state index in [1.165, 1.54) is 0 Å². The fraction of sp³-hybridized carbons (Fsp3) is 0.889. The van der Waals surface area contributed by atoms with Crippen molar-refractivity contribution in [3.05, 3.63) is 0 Å². The third kappa shape index (κ3) is 1.20. The first-order valence-corrected chi connectivity index (χ1v) is 8.69. The normalized spacial score (nSPS) is 56.3. The van der Waals surface area contributed by atoms with Crippen molar-refractivity contribution in [3.63, 3.8) is 0 Å². The van der Waals surface area contributed by atoms with E-state index in [1.54, 1.807) is 6.92 Å². The maximum Gasteiger partial charge on any atom is 0.310 e. The van der Waals surface area contributed by atoms with Crippen molar-refractivity contribution in [3.8, 4) is 0 Å². The molecule has 4 nitrogen and oxygen atoms in total. The standard InChI is InChI=1S/C18H26O4/c1-9(2)12-6-5-10(3)17-8-11-7-13(17)15(20)22-18(17,14(12)19)16(11,4)21/h9-13,21H,5-8H2,1-4H3/t10-,11+,12+,13+,16-,17-,18+/m1/s1. The summed E-state index contributed by atoms with van der Waals surface area (Å²) in [6, 6.07) is 0. The molecule has 0 unspecified atom stereocenters. The van der Waals surface area contributed by atoms with E-state index >= 15 is 0 Å². The molecule has 4 heteroatoms. The molecule has 1 spiro atoms. The van der Waals surface area contributed by atoms with Gasteiger partial charge in [0.1, 0.15) is 5.60 Å². The van der Waals surface area contributed by atoms with Crippen LogP contribution in [0.3, 0.4) is 0 Å². The number of fused-ring (bicyclic) bond motifs is 1. The Labute approximate surface area is 131 Å². The quantitative estimate of drug-likeness (QED) is 0.755. The number of hydrogen-bond donors (Lipinski definition) is 1. The molecule has 1 N–H and O–H groups in total. The second-order valence-corrected chi connectivity index (χ2v) is 8.67. The average molecular weight is 306 g/mol. The van der Waals surface area contributed by atoms with E-state index < -0.39 is 16.6 Å². The van der Waals surface area contributed by atoms with Crippen molar-refractivity contribution in [2.45, 2.75) is 64.6 Å². The van der Waals surface area contributed by atoms with Crippen LogP contribution in [-0.2, 0) is 14.3 Å². The highest BCUT2D eigenvalue weighted by atomic mass is 16.6. The van der Waals surface area contributed by atoms with Crippen LogP contribution in [0.5, 0.6) is 0 Å². The first-order chi connectivity index (χ1) is 10.2. The summed E-state index contributed by atoms with van der Waals surface area (Å²) >= 11 is 0. The van der Waals surface area contributed by atoms with Gasteiger partial charge in [0.05, 0.1) is 5.92 Å². The highest BCUT2D eigenvalue weighted by Crippen LogP contribution is 2.76. The highest BCUT2D eigenvalue weighted by molar-refractivity contribution is 5.99. The molecule has 1 saturated heterocycles. The van der Waals surface area contributed by atoms with E-state index in [0.29, 0.717) is 6.42 Å². The maximum absolute atomic E-state index is 13.5. The third-order valence-corrected chi connectivity index (χ3v) is 7.71. The van der Waals surface area contributed by atoms with Crippen LogP contribution in [0.1, 0.15) is 53.4 Å². The minimum Gasteiger partial charge on any atom is -0.447 e. The molecule has 22 heavy (non-hydrogen) atoms.